The normalized spacial score (nSPS) is 10.9. The van der Waals surface area contributed by atoms with E-state index < -0.39 is 0 Å². The molecular weight excluding hydrogens is 308 g/mol. The number of rotatable bonds is 6. The van der Waals surface area contributed by atoms with Gasteiger partial charge >= 0.3 is 0 Å². The summed E-state index contributed by atoms with van der Waals surface area (Å²) in [7, 11) is 0. The Kier molecular flexibility index (Phi) is 4.44. The van der Waals surface area contributed by atoms with E-state index in [0.29, 0.717) is 0 Å². The van der Waals surface area contributed by atoms with Crippen LogP contribution in [-0.2, 0) is 13.1 Å². The molecule has 4 aromatic rings. The molecule has 0 fully saturated rings. The number of anilines is 1. The molecule has 0 bridgehead atoms. The Hall–Kier alpha value is -3.11. The van der Waals surface area contributed by atoms with Crippen LogP contribution in [0.1, 0.15) is 11.1 Å². The summed E-state index contributed by atoms with van der Waals surface area (Å²) in [5.74, 6) is 0. The van der Waals surface area contributed by atoms with E-state index in [2.05, 4.69) is 56.9 Å². The summed E-state index contributed by atoms with van der Waals surface area (Å²) in [5.41, 5.74) is 11.2. The number of hydrazine groups is 1. The van der Waals surface area contributed by atoms with Crippen LogP contribution in [0, 0.1) is 0 Å². The molecule has 25 heavy (non-hydrogen) atoms. The quantitative estimate of drug-likeness (QED) is 0.521. The molecule has 124 valence electrons. The first kappa shape index (κ1) is 15.4. The lowest BCUT2D eigenvalue weighted by molar-refractivity contribution is 0.801. The fourth-order valence-corrected chi connectivity index (χ4v) is 2.96. The Balaban J connectivity index is 1.44. The summed E-state index contributed by atoms with van der Waals surface area (Å²) < 4.78 is 2.26. The maximum absolute atomic E-state index is 4.19. The van der Waals surface area contributed by atoms with Gasteiger partial charge in [0, 0.05) is 42.9 Å². The molecule has 2 N–H and O–H groups in total. The predicted octanol–water partition coefficient (Wildman–Crippen LogP) is 4.20. The van der Waals surface area contributed by atoms with Gasteiger partial charge in [-0.1, -0.05) is 30.3 Å². The highest BCUT2D eigenvalue weighted by atomic mass is 15.3. The maximum atomic E-state index is 4.19. The van der Waals surface area contributed by atoms with Gasteiger partial charge in [-0.15, -0.1) is 0 Å². The standard InChI is InChI=1S/C21H20N4/c1-2-6-20(7-3-1)24-23-15-17-8-9-21-19(13-17)10-12-25(21)16-18-5-4-11-22-14-18/h1-14,23-24H,15-16H2. The van der Waals surface area contributed by atoms with Gasteiger partial charge < -0.3 is 9.99 Å². The molecule has 4 nitrogen and oxygen atoms in total. The molecule has 0 atom stereocenters. The molecule has 4 heteroatoms. The SMILES string of the molecule is c1ccc(NNCc2ccc3c(ccn3Cc3cccnc3)c2)cc1. The number of pyridine rings is 1. The number of para-hydroxylation sites is 1. The zero-order chi connectivity index (χ0) is 16.9. The average Bonchev–Trinajstić information content (AvgIpc) is 3.06. The molecule has 2 aromatic carbocycles. The molecule has 0 aliphatic rings. The van der Waals surface area contributed by atoms with Crippen LogP contribution < -0.4 is 10.9 Å². The minimum atomic E-state index is 0.763. The van der Waals surface area contributed by atoms with E-state index in [1.54, 1.807) is 6.20 Å². The second-order valence-electron chi connectivity index (χ2n) is 6.04. The molecule has 0 amide bonds. The highest BCUT2D eigenvalue weighted by Crippen LogP contribution is 2.19. The van der Waals surface area contributed by atoms with E-state index in [-0.39, 0.29) is 0 Å². The van der Waals surface area contributed by atoms with Gasteiger partial charge in [-0.2, -0.15) is 0 Å². The monoisotopic (exact) mass is 328 g/mol. The Morgan fingerprint density at radius 3 is 2.64 bits per heavy atom. The van der Waals surface area contributed by atoms with E-state index in [9.17, 15) is 0 Å². The van der Waals surface area contributed by atoms with Crippen molar-refractivity contribution in [2.24, 2.45) is 0 Å². The molecule has 4 rings (SSSR count). The minimum absolute atomic E-state index is 0.763. The van der Waals surface area contributed by atoms with Crippen LogP contribution in [0.4, 0.5) is 5.69 Å². The van der Waals surface area contributed by atoms with Crippen LogP contribution in [0.15, 0.2) is 85.3 Å². The molecule has 0 spiro atoms. The summed E-state index contributed by atoms with van der Waals surface area (Å²) in [6, 6.07) is 22.9. The van der Waals surface area contributed by atoms with Gasteiger partial charge in [-0.25, -0.2) is 5.43 Å². The van der Waals surface area contributed by atoms with Crippen LogP contribution >= 0.6 is 0 Å². The topological polar surface area (TPSA) is 41.9 Å². The Labute approximate surface area is 147 Å². The van der Waals surface area contributed by atoms with E-state index in [1.165, 1.54) is 22.0 Å². The van der Waals surface area contributed by atoms with Crippen molar-refractivity contribution in [2.45, 2.75) is 13.1 Å². The summed E-state index contributed by atoms with van der Waals surface area (Å²) in [6.07, 6.45) is 5.86. The first-order chi connectivity index (χ1) is 12.4. The molecule has 0 radical (unpaired) electrons. The minimum Gasteiger partial charge on any atom is -0.343 e. The van der Waals surface area contributed by atoms with Crippen LogP contribution in [0.5, 0.6) is 0 Å². The van der Waals surface area contributed by atoms with E-state index >= 15 is 0 Å². The molecule has 2 aromatic heterocycles. The van der Waals surface area contributed by atoms with Crippen molar-refractivity contribution in [3.8, 4) is 0 Å². The number of benzene rings is 2. The van der Waals surface area contributed by atoms with Crippen molar-refractivity contribution in [2.75, 3.05) is 5.43 Å². The predicted molar refractivity (Wildman–Crippen MR) is 102 cm³/mol. The molecule has 0 aliphatic heterocycles. The third kappa shape index (κ3) is 3.70. The van der Waals surface area contributed by atoms with Gasteiger partial charge in [0.25, 0.3) is 0 Å². The maximum Gasteiger partial charge on any atom is 0.0491 e. The number of nitrogens with one attached hydrogen (secondary N) is 2. The van der Waals surface area contributed by atoms with E-state index in [4.69, 9.17) is 0 Å². The fourth-order valence-electron chi connectivity index (χ4n) is 2.96. The molecule has 0 aliphatic carbocycles. The van der Waals surface area contributed by atoms with Crippen molar-refractivity contribution in [3.63, 3.8) is 0 Å². The first-order valence-electron chi connectivity index (χ1n) is 8.39. The van der Waals surface area contributed by atoms with Gasteiger partial charge in [0.15, 0.2) is 0 Å². The van der Waals surface area contributed by atoms with Crippen molar-refractivity contribution >= 4 is 16.6 Å². The van der Waals surface area contributed by atoms with Crippen molar-refractivity contribution in [3.05, 3.63) is 96.4 Å². The Morgan fingerprint density at radius 1 is 0.880 bits per heavy atom. The smallest absolute Gasteiger partial charge is 0.0491 e. The fraction of sp³-hybridized carbons (Fsp3) is 0.0952. The zero-order valence-electron chi connectivity index (χ0n) is 13.9. The van der Waals surface area contributed by atoms with E-state index in [0.717, 1.165) is 18.8 Å². The largest absolute Gasteiger partial charge is 0.343 e. The van der Waals surface area contributed by atoms with Crippen molar-refractivity contribution in [1.29, 1.82) is 0 Å². The number of nitrogens with zero attached hydrogens (tertiary/aromatic N) is 2. The second-order valence-corrected chi connectivity index (χ2v) is 6.04. The summed E-state index contributed by atoms with van der Waals surface area (Å²) in [6.45, 7) is 1.60. The highest BCUT2D eigenvalue weighted by Gasteiger charge is 2.03. The lowest BCUT2D eigenvalue weighted by atomic mass is 10.1. The van der Waals surface area contributed by atoms with Crippen LogP contribution in [0.3, 0.4) is 0 Å². The zero-order valence-corrected chi connectivity index (χ0v) is 13.9. The van der Waals surface area contributed by atoms with Gasteiger partial charge in [-0.3, -0.25) is 4.98 Å². The second kappa shape index (κ2) is 7.20. The van der Waals surface area contributed by atoms with Gasteiger partial charge in [0.1, 0.15) is 0 Å². The Morgan fingerprint density at radius 2 is 1.80 bits per heavy atom. The Bertz CT molecular complexity index is 945. The molecular formula is C21H20N4. The first-order valence-corrected chi connectivity index (χ1v) is 8.39. The van der Waals surface area contributed by atoms with Gasteiger partial charge in [0.05, 0.1) is 0 Å². The molecule has 2 heterocycles. The van der Waals surface area contributed by atoms with Crippen molar-refractivity contribution < 1.29 is 0 Å². The van der Waals surface area contributed by atoms with E-state index in [1.807, 2.05) is 42.6 Å². The van der Waals surface area contributed by atoms with Crippen molar-refractivity contribution in [1.82, 2.24) is 15.0 Å². The molecule has 0 unspecified atom stereocenters. The lowest BCUT2D eigenvalue weighted by Crippen LogP contribution is -2.20. The lowest BCUT2D eigenvalue weighted by Gasteiger charge is -2.09. The average molecular weight is 328 g/mol. The number of fused-ring (bicyclic) bond motifs is 1. The highest BCUT2D eigenvalue weighted by molar-refractivity contribution is 5.81. The summed E-state index contributed by atoms with van der Waals surface area (Å²) >= 11 is 0. The number of hydrogen-bond acceptors (Lipinski definition) is 3. The summed E-state index contributed by atoms with van der Waals surface area (Å²) in [5, 5.41) is 1.25. The molecule has 0 saturated heterocycles. The van der Waals surface area contributed by atoms with Crippen LogP contribution in [0.2, 0.25) is 0 Å². The number of aromatic nitrogens is 2. The third-order valence-electron chi connectivity index (χ3n) is 4.21. The van der Waals surface area contributed by atoms with Gasteiger partial charge in [0.2, 0.25) is 0 Å². The summed E-state index contributed by atoms with van der Waals surface area (Å²) in [4.78, 5) is 4.19. The number of hydrogen-bond donors (Lipinski definition) is 2. The third-order valence-corrected chi connectivity index (χ3v) is 4.21. The van der Waals surface area contributed by atoms with Gasteiger partial charge in [-0.05, 0) is 52.9 Å². The molecule has 0 saturated carbocycles. The van der Waals surface area contributed by atoms with Crippen LogP contribution in [-0.4, -0.2) is 9.55 Å². The van der Waals surface area contributed by atoms with Crippen LogP contribution in [0.25, 0.3) is 10.9 Å².